The van der Waals surface area contributed by atoms with Gasteiger partial charge in [0.15, 0.2) is 6.61 Å². The van der Waals surface area contributed by atoms with Gasteiger partial charge in [0.2, 0.25) is 5.91 Å². The van der Waals surface area contributed by atoms with Crippen LogP contribution in [0.15, 0.2) is 83.3 Å². The highest BCUT2D eigenvalue weighted by molar-refractivity contribution is 9.10. The molecule has 3 aromatic rings. The van der Waals surface area contributed by atoms with Gasteiger partial charge in [-0.1, -0.05) is 95.0 Å². The molecule has 0 radical (unpaired) electrons. The monoisotopic (exact) mass is 568 g/mol. The van der Waals surface area contributed by atoms with Crippen LogP contribution in [-0.2, 0) is 22.6 Å². The molecular formula is C29H30BrClN2O3. The fourth-order valence-corrected chi connectivity index (χ4v) is 4.95. The van der Waals surface area contributed by atoms with Crippen molar-refractivity contribution in [2.75, 3.05) is 6.61 Å². The molecule has 0 saturated heterocycles. The highest BCUT2D eigenvalue weighted by atomic mass is 79.9. The summed E-state index contributed by atoms with van der Waals surface area (Å²) in [5, 5.41) is 3.64. The molecule has 3 aromatic carbocycles. The van der Waals surface area contributed by atoms with E-state index >= 15 is 0 Å². The number of carbonyl (C=O) groups excluding carboxylic acids is 2. The van der Waals surface area contributed by atoms with Crippen molar-refractivity contribution >= 4 is 39.3 Å². The van der Waals surface area contributed by atoms with Crippen LogP contribution in [-0.4, -0.2) is 35.4 Å². The van der Waals surface area contributed by atoms with Crippen LogP contribution >= 0.6 is 27.5 Å². The molecule has 1 atom stereocenters. The van der Waals surface area contributed by atoms with Gasteiger partial charge in [0.1, 0.15) is 11.8 Å². The lowest BCUT2D eigenvalue weighted by Crippen LogP contribution is -2.53. The standard InChI is InChI=1S/C29H30BrClN2O3/c30-23-16-14-22(15-17-23)19-33(28(34)20-36-27-13-7-6-12-25(27)31)26(18-21-8-2-1-3-9-21)29(35)32-24-10-4-5-11-24/h1-3,6-9,12-17,24,26H,4-5,10-11,18-20H2,(H,32,35)/t26-/m1/s1. The maximum Gasteiger partial charge on any atom is 0.261 e. The molecule has 0 aliphatic heterocycles. The smallest absolute Gasteiger partial charge is 0.261 e. The SMILES string of the molecule is O=C(NC1CCCC1)[C@@H](Cc1ccccc1)N(Cc1ccc(Br)cc1)C(=O)COc1ccccc1Cl. The average molecular weight is 570 g/mol. The zero-order chi connectivity index (χ0) is 25.3. The molecule has 2 amide bonds. The van der Waals surface area contributed by atoms with Crippen LogP contribution in [0.4, 0.5) is 0 Å². The molecule has 1 saturated carbocycles. The Morgan fingerprint density at radius 3 is 2.31 bits per heavy atom. The first-order valence-electron chi connectivity index (χ1n) is 12.2. The van der Waals surface area contributed by atoms with E-state index in [1.165, 1.54) is 0 Å². The molecule has 36 heavy (non-hydrogen) atoms. The van der Waals surface area contributed by atoms with Gasteiger partial charge >= 0.3 is 0 Å². The molecule has 1 N–H and O–H groups in total. The average Bonchev–Trinajstić information content (AvgIpc) is 3.40. The van der Waals surface area contributed by atoms with Crippen molar-refractivity contribution < 1.29 is 14.3 Å². The summed E-state index contributed by atoms with van der Waals surface area (Å²) in [5.41, 5.74) is 1.92. The van der Waals surface area contributed by atoms with Gasteiger partial charge in [0.25, 0.3) is 5.91 Å². The Morgan fingerprint density at radius 2 is 1.61 bits per heavy atom. The van der Waals surface area contributed by atoms with Gasteiger partial charge in [0.05, 0.1) is 5.02 Å². The first-order valence-corrected chi connectivity index (χ1v) is 13.4. The van der Waals surface area contributed by atoms with Crippen molar-refractivity contribution in [3.63, 3.8) is 0 Å². The molecule has 0 heterocycles. The Morgan fingerprint density at radius 1 is 0.944 bits per heavy atom. The van der Waals surface area contributed by atoms with Crippen LogP contribution in [0.1, 0.15) is 36.8 Å². The molecule has 0 bridgehead atoms. The molecule has 7 heteroatoms. The second kappa shape index (κ2) is 12.9. The first-order chi connectivity index (χ1) is 17.5. The summed E-state index contributed by atoms with van der Waals surface area (Å²) in [7, 11) is 0. The third kappa shape index (κ3) is 7.34. The number of nitrogens with zero attached hydrogens (tertiary/aromatic N) is 1. The lowest BCUT2D eigenvalue weighted by molar-refractivity contribution is -0.143. The normalized spacial score (nSPS) is 14.3. The number of nitrogens with one attached hydrogen (secondary N) is 1. The predicted molar refractivity (Wildman–Crippen MR) is 146 cm³/mol. The second-order valence-corrected chi connectivity index (χ2v) is 10.4. The summed E-state index contributed by atoms with van der Waals surface area (Å²) < 4.78 is 6.74. The molecule has 4 rings (SSSR count). The molecule has 1 aliphatic carbocycles. The van der Waals surface area contributed by atoms with E-state index in [1.54, 1.807) is 29.2 Å². The Kier molecular flexibility index (Phi) is 9.42. The van der Waals surface area contributed by atoms with Crippen molar-refractivity contribution in [1.82, 2.24) is 10.2 Å². The Hall–Kier alpha value is -2.83. The van der Waals surface area contributed by atoms with E-state index in [1.807, 2.05) is 54.6 Å². The van der Waals surface area contributed by atoms with Gasteiger partial charge in [-0.25, -0.2) is 0 Å². The summed E-state index contributed by atoms with van der Waals surface area (Å²) in [4.78, 5) is 28.9. The zero-order valence-corrected chi connectivity index (χ0v) is 22.4. The summed E-state index contributed by atoms with van der Waals surface area (Å²) in [6.07, 6.45) is 4.58. The van der Waals surface area contributed by atoms with Gasteiger partial charge in [-0.2, -0.15) is 0 Å². The molecule has 188 valence electrons. The van der Waals surface area contributed by atoms with Crippen LogP contribution in [0.2, 0.25) is 5.02 Å². The number of carbonyl (C=O) groups is 2. The molecule has 1 fully saturated rings. The summed E-state index contributed by atoms with van der Waals surface area (Å²) in [6.45, 7) is 0.0653. The molecule has 0 unspecified atom stereocenters. The molecular weight excluding hydrogens is 540 g/mol. The van der Waals surface area contributed by atoms with Crippen molar-refractivity contribution in [1.29, 1.82) is 0 Å². The Bertz CT molecular complexity index is 1150. The van der Waals surface area contributed by atoms with E-state index in [4.69, 9.17) is 16.3 Å². The minimum absolute atomic E-state index is 0.131. The van der Waals surface area contributed by atoms with E-state index < -0.39 is 6.04 Å². The van der Waals surface area contributed by atoms with Gasteiger partial charge in [-0.05, 0) is 48.2 Å². The van der Waals surface area contributed by atoms with E-state index in [0.29, 0.717) is 17.2 Å². The van der Waals surface area contributed by atoms with E-state index in [0.717, 1.165) is 41.3 Å². The zero-order valence-electron chi connectivity index (χ0n) is 20.0. The Labute approximate surface area is 225 Å². The predicted octanol–water partition coefficient (Wildman–Crippen LogP) is 6.18. The quantitative estimate of drug-likeness (QED) is 0.317. The second-order valence-electron chi connectivity index (χ2n) is 9.06. The van der Waals surface area contributed by atoms with Crippen LogP contribution in [0.5, 0.6) is 5.75 Å². The number of hydrogen-bond acceptors (Lipinski definition) is 3. The number of benzene rings is 3. The number of rotatable bonds is 10. The van der Waals surface area contributed by atoms with E-state index in [2.05, 4.69) is 21.2 Å². The Balaban J connectivity index is 1.61. The molecule has 0 aromatic heterocycles. The number of amides is 2. The van der Waals surface area contributed by atoms with Crippen molar-refractivity contribution in [3.05, 3.63) is 99.5 Å². The van der Waals surface area contributed by atoms with E-state index in [9.17, 15) is 9.59 Å². The van der Waals surface area contributed by atoms with Crippen molar-refractivity contribution in [2.24, 2.45) is 0 Å². The minimum atomic E-state index is -0.681. The number of ether oxygens (including phenoxy) is 1. The third-order valence-corrected chi connectivity index (χ3v) is 7.27. The highest BCUT2D eigenvalue weighted by Crippen LogP contribution is 2.24. The summed E-state index contributed by atoms with van der Waals surface area (Å²) >= 11 is 9.70. The van der Waals surface area contributed by atoms with Crippen LogP contribution in [0.25, 0.3) is 0 Å². The fraction of sp³-hybridized carbons (Fsp3) is 0.310. The van der Waals surface area contributed by atoms with Gasteiger partial charge in [-0.15, -0.1) is 0 Å². The highest BCUT2D eigenvalue weighted by Gasteiger charge is 2.32. The van der Waals surface area contributed by atoms with Crippen molar-refractivity contribution in [3.8, 4) is 5.75 Å². The van der Waals surface area contributed by atoms with Crippen LogP contribution in [0.3, 0.4) is 0 Å². The number of para-hydroxylation sites is 1. The van der Waals surface area contributed by atoms with E-state index in [-0.39, 0.29) is 31.0 Å². The minimum Gasteiger partial charge on any atom is -0.482 e. The lowest BCUT2D eigenvalue weighted by atomic mass is 10.0. The van der Waals surface area contributed by atoms with Gasteiger partial charge < -0.3 is 15.0 Å². The van der Waals surface area contributed by atoms with Crippen LogP contribution in [0, 0.1) is 0 Å². The molecule has 5 nitrogen and oxygen atoms in total. The third-order valence-electron chi connectivity index (χ3n) is 6.43. The fourth-order valence-electron chi connectivity index (χ4n) is 4.49. The largest absolute Gasteiger partial charge is 0.482 e. The topological polar surface area (TPSA) is 58.6 Å². The van der Waals surface area contributed by atoms with Crippen LogP contribution < -0.4 is 10.1 Å². The maximum atomic E-state index is 13.6. The van der Waals surface area contributed by atoms with Gasteiger partial charge in [-0.3, -0.25) is 9.59 Å². The van der Waals surface area contributed by atoms with Crippen molar-refractivity contribution in [2.45, 2.75) is 50.7 Å². The lowest BCUT2D eigenvalue weighted by Gasteiger charge is -2.32. The number of halogens is 2. The summed E-state index contributed by atoms with van der Waals surface area (Å²) in [5.74, 6) is 0.0282. The molecule has 1 aliphatic rings. The number of hydrogen-bond donors (Lipinski definition) is 1. The summed E-state index contributed by atoms with van der Waals surface area (Å²) in [6, 6.07) is 24.1. The maximum absolute atomic E-state index is 13.6. The molecule has 0 spiro atoms. The van der Waals surface area contributed by atoms with Gasteiger partial charge in [0, 0.05) is 23.5 Å². The first kappa shape index (κ1) is 26.2.